The molecule has 6 nitrogen and oxygen atoms in total. The molecule has 0 saturated carbocycles. The van der Waals surface area contributed by atoms with Gasteiger partial charge in [-0.2, -0.15) is 5.10 Å². The number of rotatable bonds is 4. The zero-order valence-corrected chi connectivity index (χ0v) is 12.7. The number of H-pyrrole nitrogens is 1. The van der Waals surface area contributed by atoms with Gasteiger partial charge in [0.05, 0.1) is 0 Å². The summed E-state index contributed by atoms with van der Waals surface area (Å²) in [6, 6.07) is 11.1. The molecular weight excluding hydrogens is 317 g/mol. The van der Waals surface area contributed by atoms with E-state index in [9.17, 15) is 9.18 Å². The highest BCUT2D eigenvalue weighted by atomic mass is 32.1. The molecule has 3 aromatic rings. The number of halogens is 1. The largest absolute Gasteiger partial charge is 0.288 e. The molecule has 2 N–H and O–H groups in total. The van der Waals surface area contributed by atoms with Gasteiger partial charge in [-0.25, -0.2) is 9.07 Å². The Balaban J connectivity index is 1.83. The maximum Gasteiger partial charge on any atom is 0.288 e. The van der Waals surface area contributed by atoms with Crippen LogP contribution in [0.4, 0.5) is 4.39 Å². The number of aromatic amines is 1. The summed E-state index contributed by atoms with van der Waals surface area (Å²) in [7, 11) is 0. The van der Waals surface area contributed by atoms with Crippen molar-refractivity contribution in [1.29, 1.82) is 0 Å². The number of hydrogen-bond donors (Lipinski definition) is 2. The van der Waals surface area contributed by atoms with Crippen LogP contribution in [-0.2, 0) is 6.42 Å². The number of amides is 1. The van der Waals surface area contributed by atoms with E-state index in [2.05, 4.69) is 20.6 Å². The third-order valence-electron chi connectivity index (χ3n) is 3.13. The van der Waals surface area contributed by atoms with E-state index in [0.717, 1.165) is 5.56 Å². The molecule has 2 heterocycles. The molecule has 0 aliphatic heterocycles. The highest BCUT2D eigenvalue weighted by molar-refractivity contribution is 7.71. The minimum absolute atomic E-state index is 0.256. The van der Waals surface area contributed by atoms with Crippen molar-refractivity contribution in [2.45, 2.75) is 6.42 Å². The van der Waals surface area contributed by atoms with Crippen LogP contribution in [0.25, 0.3) is 0 Å². The molecular formula is C15H12FN5OS. The molecule has 0 spiro atoms. The van der Waals surface area contributed by atoms with Crippen molar-refractivity contribution in [3.05, 3.63) is 76.3 Å². The van der Waals surface area contributed by atoms with Crippen molar-refractivity contribution in [2.24, 2.45) is 0 Å². The number of carbonyl (C=O) groups excluding carboxylic acids is 1. The predicted octanol–water partition coefficient (Wildman–Crippen LogP) is 2.45. The first-order valence-electron chi connectivity index (χ1n) is 6.76. The summed E-state index contributed by atoms with van der Waals surface area (Å²) in [4.78, 5) is 16.2. The van der Waals surface area contributed by atoms with Gasteiger partial charge in [0.25, 0.3) is 5.91 Å². The minimum Gasteiger partial charge on any atom is -0.266 e. The minimum atomic E-state index is -0.400. The van der Waals surface area contributed by atoms with Crippen LogP contribution in [0.1, 0.15) is 21.9 Å². The fourth-order valence-electron chi connectivity index (χ4n) is 2.00. The predicted molar refractivity (Wildman–Crippen MR) is 84.5 cm³/mol. The smallest absolute Gasteiger partial charge is 0.266 e. The number of nitrogens with one attached hydrogen (secondary N) is 2. The summed E-state index contributed by atoms with van der Waals surface area (Å²) in [5.74, 6) is -0.203. The van der Waals surface area contributed by atoms with Crippen molar-refractivity contribution < 1.29 is 9.18 Å². The van der Waals surface area contributed by atoms with Crippen LogP contribution in [0.3, 0.4) is 0 Å². The van der Waals surface area contributed by atoms with Crippen molar-refractivity contribution in [1.82, 2.24) is 19.9 Å². The SMILES string of the molecule is O=C(Nn1c(Cc2ccc(F)cc2)n[nH]c1=S)c1ccccn1. The molecule has 1 aromatic carbocycles. The van der Waals surface area contributed by atoms with Crippen molar-refractivity contribution in [3.8, 4) is 0 Å². The molecule has 116 valence electrons. The standard InChI is InChI=1S/C15H12FN5OS/c16-11-6-4-10(5-7-11)9-13-18-19-15(23)21(13)20-14(22)12-3-1-2-8-17-12/h1-8H,9H2,(H,19,23)(H,20,22). The fourth-order valence-corrected chi connectivity index (χ4v) is 2.20. The fraction of sp³-hybridized carbons (Fsp3) is 0.0667. The molecule has 0 atom stereocenters. The highest BCUT2D eigenvalue weighted by Gasteiger charge is 2.12. The van der Waals surface area contributed by atoms with Gasteiger partial charge >= 0.3 is 0 Å². The number of pyridine rings is 1. The summed E-state index contributed by atoms with van der Waals surface area (Å²) in [6.07, 6.45) is 1.92. The number of nitrogens with zero attached hydrogens (tertiary/aromatic N) is 3. The number of carbonyl (C=O) groups is 1. The molecule has 0 aliphatic carbocycles. The number of aromatic nitrogens is 4. The Morgan fingerprint density at radius 2 is 2.04 bits per heavy atom. The first-order chi connectivity index (χ1) is 11.1. The van der Waals surface area contributed by atoms with Crippen LogP contribution in [0, 0.1) is 10.6 Å². The molecule has 1 amide bonds. The van der Waals surface area contributed by atoms with E-state index in [1.165, 1.54) is 23.0 Å². The third kappa shape index (κ3) is 3.49. The van der Waals surface area contributed by atoms with Crippen LogP contribution in [-0.4, -0.2) is 25.8 Å². The lowest BCUT2D eigenvalue weighted by atomic mass is 10.1. The molecule has 0 saturated heterocycles. The van der Waals surface area contributed by atoms with E-state index in [1.54, 1.807) is 30.3 Å². The molecule has 23 heavy (non-hydrogen) atoms. The molecule has 0 radical (unpaired) electrons. The average molecular weight is 329 g/mol. The highest BCUT2D eigenvalue weighted by Crippen LogP contribution is 2.09. The van der Waals surface area contributed by atoms with Crippen LogP contribution >= 0.6 is 12.2 Å². The summed E-state index contributed by atoms with van der Waals surface area (Å²) in [5, 5.41) is 6.73. The molecule has 0 fully saturated rings. The van der Waals surface area contributed by atoms with E-state index >= 15 is 0 Å². The van der Waals surface area contributed by atoms with Crippen LogP contribution in [0.2, 0.25) is 0 Å². The van der Waals surface area contributed by atoms with E-state index in [4.69, 9.17) is 12.2 Å². The van der Waals surface area contributed by atoms with Gasteiger partial charge in [0.2, 0.25) is 4.77 Å². The molecule has 0 aliphatic rings. The molecule has 0 bridgehead atoms. The van der Waals surface area contributed by atoms with Gasteiger partial charge in [0, 0.05) is 12.6 Å². The summed E-state index contributed by atoms with van der Waals surface area (Å²) >= 11 is 5.13. The Labute approximate surface area is 136 Å². The Kier molecular flexibility index (Phi) is 4.24. The summed E-state index contributed by atoms with van der Waals surface area (Å²) < 4.78 is 14.6. The Morgan fingerprint density at radius 1 is 1.26 bits per heavy atom. The first kappa shape index (κ1) is 15.0. The van der Waals surface area contributed by atoms with Crippen molar-refractivity contribution in [2.75, 3.05) is 5.43 Å². The second kappa shape index (κ2) is 6.49. The van der Waals surface area contributed by atoms with Gasteiger partial charge in [0.1, 0.15) is 11.5 Å². The normalized spacial score (nSPS) is 10.5. The average Bonchev–Trinajstić information content (AvgIpc) is 2.91. The van der Waals surface area contributed by atoms with E-state index in [1.807, 2.05) is 0 Å². The van der Waals surface area contributed by atoms with Crippen molar-refractivity contribution >= 4 is 18.1 Å². The number of hydrogen-bond acceptors (Lipinski definition) is 4. The zero-order chi connectivity index (χ0) is 16.2. The lowest BCUT2D eigenvalue weighted by molar-refractivity contribution is 0.100. The van der Waals surface area contributed by atoms with Crippen LogP contribution < -0.4 is 5.43 Å². The third-order valence-corrected chi connectivity index (χ3v) is 3.40. The second-order valence-electron chi connectivity index (χ2n) is 4.74. The zero-order valence-electron chi connectivity index (χ0n) is 11.9. The molecule has 2 aromatic heterocycles. The summed E-state index contributed by atoms with van der Waals surface area (Å²) in [5.41, 5.74) is 3.76. The molecule has 3 rings (SSSR count). The Morgan fingerprint density at radius 3 is 2.74 bits per heavy atom. The molecule has 8 heteroatoms. The first-order valence-corrected chi connectivity index (χ1v) is 7.17. The van der Waals surface area contributed by atoms with Gasteiger partial charge in [0.15, 0.2) is 5.82 Å². The number of benzene rings is 1. The van der Waals surface area contributed by atoms with Crippen molar-refractivity contribution in [3.63, 3.8) is 0 Å². The summed E-state index contributed by atoms with van der Waals surface area (Å²) in [6.45, 7) is 0. The Hall–Kier alpha value is -2.87. The van der Waals surface area contributed by atoms with Gasteiger partial charge in [-0.05, 0) is 42.0 Å². The van der Waals surface area contributed by atoms with Crippen LogP contribution in [0.5, 0.6) is 0 Å². The van der Waals surface area contributed by atoms with Gasteiger partial charge in [-0.15, -0.1) is 0 Å². The quantitative estimate of drug-likeness (QED) is 0.721. The van der Waals surface area contributed by atoms with Gasteiger partial charge in [-0.3, -0.25) is 20.3 Å². The van der Waals surface area contributed by atoms with E-state index in [-0.39, 0.29) is 16.3 Å². The maximum absolute atomic E-state index is 13.0. The van der Waals surface area contributed by atoms with Gasteiger partial charge < -0.3 is 0 Å². The van der Waals surface area contributed by atoms with E-state index in [0.29, 0.717) is 12.2 Å². The van der Waals surface area contributed by atoms with E-state index < -0.39 is 5.91 Å². The Bertz CT molecular complexity index is 873. The second-order valence-corrected chi connectivity index (χ2v) is 5.13. The lowest BCUT2D eigenvalue weighted by Crippen LogP contribution is -2.25. The molecule has 0 unspecified atom stereocenters. The maximum atomic E-state index is 13.0. The van der Waals surface area contributed by atoms with Gasteiger partial charge in [-0.1, -0.05) is 18.2 Å². The van der Waals surface area contributed by atoms with Crippen LogP contribution in [0.15, 0.2) is 48.7 Å². The topological polar surface area (TPSA) is 75.6 Å². The lowest BCUT2D eigenvalue weighted by Gasteiger charge is -2.08. The monoisotopic (exact) mass is 329 g/mol.